The maximum atomic E-state index is 12.0. The third kappa shape index (κ3) is 6.89. The monoisotopic (exact) mass is 383 g/mol. The van der Waals surface area contributed by atoms with Gasteiger partial charge in [0.15, 0.2) is 0 Å². The summed E-state index contributed by atoms with van der Waals surface area (Å²) in [6, 6.07) is 17.6. The molecule has 0 atom stereocenters. The average Bonchev–Trinajstić information content (AvgIpc) is 2.70. The smallest absolute Gasteiger partial charge is 0.319 e. The van der Waals surface area contributed by atoms with E-state index in [-0.39, 0.29) is 0 Å². The number of anilines is 1. The molecule has 0 radical (unpaired) electrons. The van der Waals surface area contributed by atoms with Crippen LogP contribution in [0.4, 0.5) is 10.5 Å². The topological polar surface area (TPSA) is 58.8 Å². The summed E-state index contributed by atoms with van der Waals surface area (Å²) in [6.07, 6.45) is 2.31. The Hall–Kier alpha value is -2.53. The molecule has 0 unspecified atom stereocenters. The lowest BCUT2D eigenvalue weighted by Crippen LogP contribution is -2.43. The van der Waals surface area contributed by atoms with E-state index in [9.17, 15) is 4.79 Å². The molecule has 2 aromatic rings. The number of unbranched alkanes of at least 4 members (excludes halogenated alkanes) is 1. The van der Waals surface area contributed by atoms with Gasteiger partial charge in [0, 0.05) is 24.8 Å². The molecule has 2 aromatic carbocycles. The Morgan fingerprint density at radius 2 is 1.68 bits per heavy atom. The number of carbonyl (C=O) groups is 1. The molecule has 2 N–H and O–H groups in total. The molecular weight excluding hydrogens is 350 g/mol. The predicted molar refractivity (Wildman–Crippen MR) is 116 cm³/mol. The van der Waals surface area contributed by atoms with Gasteiger partial charge in [-0.2, -0.15) is 0 Å². The van der Waals surface area contributed by atoms with E-state index in [1.54, 1.807) is 4.90 Å². The summed E-state index contributed by atoms with van der Waals surface area (Å²) in [7, 11) is 0. The van der Waals surface area contributed by atoms with E-state index in [0.29, 0.717) is 19.2 Å². The maximum Gasteiger partial charge on any atom is 0.319 e. The number of amides is 2. The number of nitrogens with two attached hydrogens (primary N) is 1. The Kier molecular flexibility index (Phi) is 8.82. The molecule has 152 valence electrons. The van der Waals surface area contributed by atoms with Crippen LogP contribution in [-0.2, 0) is 6.61 Å². The fourth-order valence-electron chi connectivity index (χ4n) is 3.05. The Bertz CT molecular complexity index is 702. The van der Waals surface area contributed by atoms with Crippen molar-refractivity contribution in [2.75, 3.05) is 24.5 Å². The fraction of sp³-hybridized carbons (Fsp3) is 0.435. The third-order valence-corrected chi connectivity index (χ3v) is 4.80. The summed E-state index contributed by atoms with van der Waals surface area (Å²) in [4.78, 5) is 16.0. The van der Waals surface area contributed by atoms with Crippen molar-refractivity contribution in [3.63, 3.8) is 0 Å². The van der Waals surface area contributed by atoms with Gasteiger partial charge in [-0.15, -0.1) is 0 Å². The molecule has 0 fully saturated rings. The van der Waals surface area contributed by atoms with Gasteiger partial charge in [-0.25, -0.2) is 4.79 Å². The molecular formula is C23H33N3O2. The van der Waals surface area contributed by atoms with E-state index >= 15 is 0 Å². The first-order chi connectivity index (χ1) is 13.5. The highest BCUT2D eigenvalue weighted by molar-refractivity contribution is 5.90. The summed E-state index contributed by atoms with van der Waals surface area (Å²) >= 11 is 0. The summed E-state index contributed by atoms with van der Waals surface area (Å²) in [5.41, 5.74) is 7.55. The number of urea groups is 1. The number of benzene rings is 2. The Morgan fingerprint density at radius 3 is 2.25 bits per heavy atom. The number of hydrogen-bond donors (Lipinski definition) is 1. The van der Waals surface area contributed by atoms with Crippen molar-refractivity contribution in [2.45, 2.75) is 46.3 Å². The molecule has 5 nitrogen and oxygen atoms in total. The first-order valence-corrected chi connectivity index (χ1v) is 10.1. The van der Waals surface area contributed by atoms with Gasteiger partial charge < -0.3 is 10.5 Å². The Balaban J connectivity index is 1.96. The lowest BCUT2D eigenvalue weighted by Gasteiger charge is -2.29. The first-order valence-electron chi connectivity index (χ1n) is 10.1. The second kappa shape index (κ2) is 11.3. The molecule has 0 bridgehead atoms. The zero-order valence-electron chi connectivity index (χ0n) is 17.3. The number of nitrogens with zero attached hydrogens (tertiary/aromatic N) is 2. The van der Waals surface area contributed by atoms with Crippen LogP contribution in [-0.4, -0.2) is 36.6 Å². The van der Waals surface area contributed by atoms with Gasteiger partial charge in [-0.1, -0.05) is 43.7 Å². The average molecular weight is 384 g/mol. The van der Waals surface area contributed by atoms with E-state index < -0.39 is 6.03 Å². The number of carbonyl (C=O) groups excluding carboxylic acids is 1. The molecule has 0 saturated carbocycles. The van der Waals surface area contributed by atoms with Crippen molar-refractivity contribution in [1.29, 1.82) is 0 Å². The summed E-state index contributed by atoms with van der Waals surface area (Å²) < 4.78 is 5.82. The molecule has 0 aliphatic carbocycles. The lowest BCUT2D eigenvalue weighted by atomic mass is 10.2. The van der Waals surface area contributed by atoms with Gasteiger partial charge in [0.2, 0.25) is 0 Å². The minimum absolute atomic E-state index is 0.433. The molecule has 0 spiro atoms. The quantitative estimate of drug-likeness (QED) is 0.614. The van der Waals surface area contributed by atoms with Crippen LogP contribution in [0.3, 0.4) is 0 Å². The second-order valence-electron chi connectivity index (χ2n) is 7.24. The van der Waals surface area contributed by atoms with E-state index in [0.717, 1.165) is 42.9 Å². The van der Waals surface area contributed by atoms with Gasteiger partial charge in [0.25, 0.3) is 0 Å². The van der Waals surface area contributed by atoms with Crippen LogP contribution in [0.2, 0.25) is 0 Å². The van der Waals surface area contributed by atoms with Crippen molar-refractivity contribution in [3.05, 3.63) is 60.2 Å². The fourth-order valence-corrected chi connectivity index (χ4v) is 3.05. The normalized spacial score (nSPS) is 11.0. The maximum absolute atomic E-state index is 12.0. The summed E-state index contributed by atoms with van der Waals surface area (Å²) in [6.45, 7) is 9.48. The Labute approximate surface area is 169 Å². The molecule has 0 aliphatic heterocycles. The number of ether oxygens (including phenoxy) is 1. The molecule has 0 saturated heterocycles. The van der Waals surface area contributed by atoms with Crippen molar-refractivity contribution in [2.24, 2.45) is 5.73 Å². The highest BCUT2D eigenvalue weighted by Gasteiger charge is 2.16. The standard InChI is InChI=1S/C23H33N3O2/c1-4-5-15-25(19(2)3)16-17-26(23(24)27)21-11-13-22(14-12-21)28-18-20-9-7-6-8-10-20/h6-14,19H,4-5,15-18H2,1-3H3,(H2,24,27). The molecule has 0 aliphatic rings. The molecule has 2 rings (SSSR count). The van der Waals surface area contributed by atoms with E-state index in [1.807, 2.05) is 54.6 Å². The van der Waals surface area contributed by atoms with Crippen LogP contribution in [0.5, 0.6) is 5.75 Å². The van der Waals surface area contributed by atoms with E-state index in [4.69, 9.17) is 10.5 Å². The van der Waals surface area contributed by atoms with Gasteiger partial charge in [0.05, 0.1) is 0 Å². The third-order valence-electron chi connectivity index (χ3n) is 4.80. The Morgan fingerprint density at radius 1 is 1.00 bits per heavy atom. The lowest BCUT2D eigenvalue weighted by molar-refractivity contribution is 0.220. The van der Waals surface area contributed by atoms with Crippen LogP contribution < -0.4 is 15.4 Å². The zero-order valence-corrected chi connectivity index (χ0v) is 17.3. The first kappa shape index (κ1) is 21.8. The predicted octanol–water partition coefficient (Wildman–Crippen LogP) is 4.66. The van der Waals surface area contributed by atoms with Gasteiger partial charge in [0.1, 0.15) is 12.4 Å². The number of primary amides is 1. The molecule has 5 heteroatoms. The number of rotatable bonds is 11. The van der Waals surface area contributed by atoms with Crippen LogP contribution in [0.25, 0.3) is 0 Å². The molecule has 28 heavy (non-hydrogen) atoms. The zero-order chi connectivity index (χ0) is 20.4. The highest BCUT2D eigenvalue weighted by Crippen LogP contribution is 2.20. The van der Waals surface area contributed by atoms with Crippen molar-refractivity contribution in [3.8, 4) is 5.75 Å². The summed E-state index contributed by atoms with van der Waals surface area (Å²) in [5.74, 6) is 0.767. The van der Waals surface area contributed by atoms with Gasteiger partial charge in [-0.3, -0.25) is 9.80 Å². The molecule has 2 amide bonds. The van der Waals surface area contributed by atoms with Crippen molar-refractivity contribution >= 4 is 11.7 Å². The van der Waals surface area contributed by atoms with Gasteiger partial charge >= 0.3 is 6.03 Å². The van der Waals surface area contributed by atoms with E-state index in [1.165, 1.54) is 0 Å². The van der Waals surface area contributed by atoms with Crippen LogP contribution in [0, 0.1) is 0 Å². The highest BCUT2D eigenvalue weighted by atomic mass is 16.5. The van der Waals surface area contributed by atoms with Crippen LogP contribution >= 0.6 is 0 Å². The van der Waals surface area contributed by atoms with Crippen LogP contribution in [0.1, 0.15) is 39.2 Å². The van der Waals surface area contributed by atoms with E-state index in [2.05, 4.69) is 25.7 Å². The largest absolute Gasteiger partial charge is 0.489 e. The minimum Gasteiger partial charge on any atom is -0.489 e. The van der Waals surface area contributed by atoms with Crippen molar-refractivity contribution < 1.29 is 9.53 Å². The number of hydrogen-bond acceptors (Lipinski definition) is 3. The SMILES string of the molecule is CCCCN(CCN(C(N)=O)c1ccc(OCc2ccccc2)cc1)C(C)C. The van der Waals surface area contributed by atoms with Crippen LogP contribution in [0.15, 0.2) is 54.6 Å². The molecule has 0 heterocycles. The molecule has 0 aromatic heterocycles. The van der Waals surface area contributed by atoms with Gasteiger partial charge in [-0.05, 0) is 56.6 Å². The summed E-state index contributed by atoms with van der Waals surface area (Å²) in [5, 5.41) is 0. The second-order valence-corrected chi connectivity index (χ2v) is 7.24. The van der Waals surface area contributed by atoms with Crippen molar-refractivity contribution in [1.82, 2.24) is 4.90 Å². The minimum atomic E-state index is -0.433.